The third-order valence-corrected chi connectivity index (χ3v) is 2.82. The Kier molecular flexibility index (Phi) is 2.69. The third-order valence-electron chi connectivity index (χ3n) is 1.75. The summed E-state index contributed by atoms with van der Waals surface area (Å²) in [4.78, 5) is 0. The summed E-state index contributed by atoms with van der Waals surface area (Å²) in [6, 6.07) is 6.33. The van der Waals surface area contributed by atoms with Gasteiger partial charge in [-0.15, -0.1) is 0 Å². The zero-order valence-electron chi connectivity index (χ0n) is 6.89. The first-order chi connectivity index (χ1) is 6.66. The highest BCUT2D eigenvalue weighted by molar-refractivity contribution is 9.10. The summed E-state index contributed by atoms with van der Waals surface area (Å²) in [6.07, 6.45) is 0. The molecule has 0 unspecified atom stereocenters. The Morgan fingerprint density at radius 2 is 2.00 bits per heavy atom. The van der Waals surface area contributed by atoms with Gasteiger partial charge in [0.05, 0.1) is 5.69 Å². The quantitative estimate of drug-likeness (QED) is 0.852. The molecule has 0 saturated heterocycles. The molecule has 1 heterocycles. The largest absolute Gasteiger partial charge is 0.271 e. The van der Waals surface area contributed by atoms with Gasteiger partial charge in [-0.25, -0.2) is 4.39 Å². The van der Waals surface area contributed by atoms with Crippen LogP contribution in [0.1, 0.15) is 0 Å². The van der Waals surface area contributed by atoms with Gasteiger partial charge < -0.3 is 0 Å². The zero-order chi connectivity index (χ0) is 10.1. The molecule has 5 heteroatoms. The van der Waals surface area contributed by atoms with Crippen molar-refractivity contribution in [3.8, 4) is 11.3 Å². The molecule has 2 rings (SSSR count). The lowest BCUT2D eigenvalue weighted by atomic mass is 10.1. The molecule has 0 fully saturated rings. The number of rotatable bonds is 1. The molecule has 72 valence electrons. The van der Waals surface area contributed by atoms with E-state index in [0.717, 1.165) is 15.9 Å². The topological polar surface area (TPSA) is 28.7 Å². The summed E-state index contributed by atoms with van der Waals surface area (Å²) in [5, 5.41) is 6.81. The lowest BCUT2D eigenvalue weighted by molar-refractivity contribution is 0.627. The van der Waals surface area contributed by atoms with E-state index in [1.807, 2.05) is 6.07 Å². The summed E-state index contributed by atoms with van der Waals surface area (Å²) in [6.45, 7) is 0. The van der Waals surface area contributed by atoms with Crippen LogP contribution in [0.25, 0.3) is 11.3 Å². The lowest BCUT2D eigenvalue weighted by Gasteiger charge is -1.99. The van der Waals surface area contributed by atoms with Crippen molar-refractivity contribution in [1.82, 2.24) is 10.2 Å². The van der Waals surface area contributed by atoms with Crippen LogP contribution in [0, 0.1) is 5.82 Å². The SMILES string of the molecule is Fc1ccc(-c2cc(Br)[nH]n2)c(Br)c1. The maximum Gasteiger partial charge on any atom is 0.124 e. The van der Waals surface area contributed by atoms with Crippen molar-refractivity contribution in [3.05, 3.63) is 39.2 Å². The van der Waals surface area contributed by atoms with Crippen molar-refractivity contribution in [2.24, 2.45) is 0 Å². The van der Waals surface area contributed by atoms with Crippen LogP contribution >= 0.6 is 31.9 Å². The number of aromatic nitrogens is 2. The van der Waals surface area contributed by atoms with Crippen molar-refractivity contribution < 1.29 is 4.39 Å². The van der Waals surface area contributed by atoms with E-state index in [1.165, 1.54) is 12.1 Å². The number of nitrogens with zero attached hydrogens (tertiary/aromatic N) is 1. The Bertz CT molecular complexity index is 468. The molecule has 1 aromatic carbocycles. The molecule has 14 heavy (non-hydrogen) atoms. The Morgan fingerprint density at radius 1 is 1.21 bits per heavy atom. The van der Waals surface area contributed by atoms with Gasteiger partial charge in [-0.05, 0) is 56.1 Å². The van der Waals surface area contributed by atoms with Crippen LogP contribution in [0.4, 0.5) is 4.39 Å². The van der Waals surface area contributed by atoms with E-state index in [0.29, 0.717) is 4.47 Å². The summed E-state index contributed by atoms with van der Waals surface area (Å²) < 4.78 is 14.3. The van der Waals surface area contributed by atoms with Gasteiger partial charge in [0.1, 0.15) is 10.4 Å². The van der Waals surface area contributed by atoms with Crippen molar-refractivity contribution in [2.75, 3.05) is 0 Å². The molecule has 0 saturated carbocycles. The second-order valence-electron chi connectivity index (χ2n) is 2.73. The fraction of sp³-hybridized carbons (Fsp3) is 0. The molecule has 0 amide bonds. The summed E-state index contributed by atoms with van der Waals surface area (Å²) in [5.74, 6) is -0.268. The van der Waals surface area contributed by atoms with Crippen LogP contribution in [0.3, 0.4) is 0 Å². The molecule has 0 aliphatic rings. The van der Waals surface area contributed by atoms with E-state index in [-0.39, 0.29) is 5.82 Å². The molecule has 2 aromatic rings. The Morgan fingerprint density at radius 3 is 2.57 bits per heavy atom. The number of aromatic amines is 1. The average molecular weight is 320 g/mol. The molecule has 0 radical (unpaired) electrons. The third kappa shape index (κ3) is 1.88. The van der Waals surface area contributed by atoms with Gasteiger partial charge in [0.15, 0.2) is 0 Å². The molecule has 0 atom stereocenters. The van der Waals surface area contributed by atoms with Crippen LogP contribution in [-0.2, 0) is 0 Å². The smallest absolute Gasteiger partial charge is 0.124 e. The van der Waals surface area contributed by atoms with Crippen molar-refractivity contribution in [1.29, 1.82) is 0 Å². The van der Waals surface area contributed by atoms with E-state index >= 15 is 0 Å². The van der Waals surface area contributed by atoms with Gasteiger partial charge in [0.2, 0.25) is 0 Å². The number of hydrogen-bond donors (Lipinski definition) is 1. The Labute approximate surface area is 96.8 Å². The summed E-state index contributed by atoms with van der Waals surface area (Å²) >= 11 is 6.54. The van der Waals surface area contributed by atoms with Crippen LogP contribution in [0.15, 0.2) is 33.3 Å². The molecule has 0 bridgehead atoms. The zero-order valence-corrected chi connectivity index (χ0v) is 10.1. The predicted molar refractivity (Wildman–Crippen MR) is 59.4 cm³/mol. The van der Waals surface area contributed by atoms with Gasteiger partial charge in [-0.3, -0.25) is 5.10 Å². The van der Waals surface area contributed by atoms with Crippen LogP contribution in [-0.4, -0.2) is 10.2 Å². The predicted octanol–water partition coefficient (Wildman–Crippen LogP) is 3.74. The standard InChI is InChI=1S/C9H5Br2FN2/c10-7-3-5(12)1-2-6(7)8-4-9(11)14-13-8/h1-4H,(H,13,14). The minimum Gasteiger partial charge on any atom is -0.271 e. The minimum absolute atomic E-state index is 0.268. The molecule has 2 nitrogen and oxygen atoms in total. The molecular weight excluding hydrogens is 315 g/mol. The van der Waals surface area contributed by atoms with Crippen LogP contribution in [0.5, 0.6) is 0 Å². The van der Waals surface area contributed by atoms with Gasteiger partial charge in [-0.2, -0.15) is 5.10 Å². The Balaban J connectivity index is 2.52. The normalized spacial score (nSPS) is 10.5. The highest BCUT2D eigenvalue weighted by Gasteiger charge is 2.07. The second-order valence-corrected chi connectivity index (χ2v) is 4.43. The van der Waals surface area contributed by atoms with Crippen LogP contribution in [0.2, 0.25) is 0 Å². The van der Waals surface area contributed by atoms with E-state index in [2.05, 4.69) is 42.1 Å². The summed E-state index contributed by atoms with van der Waals surface area (Å²) in [5.41, 5.74) is 1.62. The number of benzene rings is 1. The van der Waals surface area contributed by atoms with Crippen LogP contribution < -0.4 is 0 Å². The molecule has 0 aliphatic heterocycles. The lowest BCUT2D eigenvalue weighted by Crippen LogP contribution is -1.82. The molecule has 1 N–H and O–H groups in total. The fourth-order valence-electron chi connectivity index (χ4n) is 1.13. The number of halogens is 3. The van der Waals surface area contributed by atoms with E-state index < -0.39 is 0 Å². The highest BCUT2D eigenvalue weighted by Crippen LogP contribution is 2.28. The van der Waals surface area contributed by atoms with Crippen molar-refractivity contribution >= 4 is 31.9 Å². The maximum atomic E-state index is 12.8. The van der Waals surface area contributed by atoms with Gasteiger partial charge in [-0.1, -0.05) is 0 Å². The average Bonchev–Trinajstić information content (AvgIpc) is 2.51. The number of H-pyrrole nitrogens is 1. The maximum absolute atomic E-state index is 12.8. The highest BCUT2D eigenvalue weighted by atomic mass is 79.9. The second kappa shape index (κ2) is 3.82. The molecule has 1 aromatic heterocycles. The number of nitrogens with one attached hydrogen (secondary N) is 1. The van der Waals surface area contributed by atoms with E-state index in [1.54, 1.807) is 6.07 Å². The Hall–Kier alpha value is -0.680. The van der Waals surface area contributed by atoms with Crippen molar-refractivity contribution in [3.63, 3.8) is 0 Å². The van der Waals surface area contributed by atoms with E-state index in [4.69, 9.17) is 0 Å². The van der Waals surface area contributed by atoms with Crippen molar-refractivity contribution in [2.45, 2.75) is 0 Å². The first kappa shape index (κ1) is 9.86. The number of hydrogen-bond acceptors (Lipinski definition) is 1. The molecule has 0 aliphatic carbocycles. The summed E-state index contributed by atoms with van der Waals surface area (Å²) in [7, 11) is 0. The molecular formula is C9H5Br2FN2. The van der Waals surface area contributed by atoms with E-state index in [9.17, 15) is 4.39 Å². The first-order valence-electron chi connectivity index (χ1n) is 3.83. The fourth-order valence-corrected chi connectivity index (χ4v) is 1.99. The monoisotopic (exact) mass is 318 g/mol. The molecule has 0 spiro atoms. The van der Waals surface area contributed by atoms with Gasteiger partial charge >= 0.3 is 0 Å². The minimum atomic E-state index is -0.268. The van der Waals surface area contributed by atoms with Gasteiger partial charge in [0, 0.05) is 10.0 Å². The van der Waals surface area contributed by atoms with Gasteiger partial charge in [0.25, 0.3) is 0 Å². The first-order valence-corrected chi connectivity index (χ1v) is 5.42.